The molecule has 0 aliphatic heterocycles. The summed E-state index contributed by atoms with van der Waals surface area (Å²) in [7, 11) is 0. The predicted octanol–water partition coefficient (Wildman–Crippen LogP) is 11.6. The average Bonchev–Trinajstić information content (AvgIpc) is 3.06. The molecule has 0 radical (unpaired) electrons. The van der Waals surface area contributed by atoms with Crippen LogP contribution in [-0.2, 0) is 19.1 Å². The molecule has 0 amide bonds. The molecule has 5 nitrogen and oxygen atoms in total. The van der Waals surface area contributed by atoms with Gasteiger partial charge in [-0.15, -0.1) is 0 Å². The van der Waals surface area contributed by atoms with Crippen molar-refractivity contribution >= 4 is 11.9 Å². The molecule has 0 rings (SSSR count). The summed E-state index contributed by atoms with van der Waals surface area (Å²) in [6.45, 7) is 3.97. The molecule has 0 heterocycles. The molecule has 0 fully saturated rings. The summed E-state index contributed by atoms with van der Waals surface area (Å²) in [5, 5.41) is 9.53. The number of allylic oxidation sites excluding steroid dienone is 10. The van der Waals surface area contributed by atoms with E-state index in [0.29, 0.717) is 12.8 Å². The summed E-state index contributed by atoms with van der Waals surface area (Å²) >= 11 is 0. The maximum Gasteiger partial charge on any atom is 0.306 e. The maximum atomic E-state index is 12.2. The Morgan fingerprint density at radius 1 is 0.522 bits per heavy atom. The smallest absolute Gasteiger partial charge is 0.306 e. The van der Waals surface area contributed by atoms with Crippen molar-refractivity contribution in [2.75, 3.05) is 13.2 Å². The lowest BCUT2D eigenvalue weighted by Crippen LogP contribution is -2.28. The predicted molar refractivity (Wildman–Crippen MR) is 196 cm³/mol. The number of aliphatic hydroxyl groups excluding tert-OH is 1. The van der Waals surface area contributed by atoms with Crippen molar-refractivity contribution in [3.05, 3.63) is 60.8 Å². The van der Waals surface area contributed by atoms with Crippen molar-refractivity contribution in [1.82, 2.24) is 0 Å². The van der Waals surface area contributed by atoms with Gasteiger partial charge in [-0.25, -0.2) is 0 Å². The van der Waals surface area contributed by atoms with Crippen LogP contribution in [0.5, 0.6) is 0 Å². The summed E-state index contributed by atoms with van der Waals surface area (Å²) in [6, 6.07) is 0. The fraction of sp³-hybridized carbons (Fsp3) is 0.707. The molecule has 46 heavy (non-hydrogen) atoms. The third kappa shape index (κ3) is 34.5. The highest BCUT2D eigenvalue weighted by molar-refractivity contribution is 5.70. The lowest BCUT2D eigenvalue weighted by atomic mass is 10.1. The molecule has 1 unspecified atom stereocenters. The fourth-order valence-corrected chi connectivity index (χ4v) is 4.95. The molecule has 0 bridgehead atoms. The van der Waals surface area contributed by atoms with E-state index >= 15 is 0 Å². The number of carbonyl (C=O) groups is 2. The number of unbranched alkanes of at least 4 members (excludes halogenated alkanes) is 15. The van der Waals surface area contributed by atoms with Gasteiger partial charge >= 0.3 is 11.9 Å². The van der Waals surface area contributed by atoms with Crippen LogP contribution in [0.15, 0.2) is 60.8 Å². The SMILES string of the molecule is CCC=CCC=CCC=CCC=CCCCCC(=O)OCC(CO)OC(=O)CCCCCCCCCC=CCCCCCCCC. The van der Waals surface area contributed by atoms with Gasteiger partial charge in [0.1, 0.15) is 6.61 Å². The quantitative estimate of drug-likeness (QED) is 0.0438. The molecule has 0 aromatic rings. The van der Waals surface area contributed by atoms with Crippen LogP contribution in [0.4, 0.5) is 0 Å². The second kappa shape index (κ2) is 37.1. The van der Waals surface area contributed by atoms with E-state index in [-0.39, 0.29) is 25.2 Å². The molecular weight excluding hydrogens is 572 g/mol. The van der Waals surface area contributed by atoms with Gasteiger partial charge in [0.05, 0.1) is 6.61 Å². The third-order valence-electron chi connectivity index (χ3n) is 7.80. The molecular formula is C41H70O5. The Bertz CT molecular complexity index is 823. The number of rotatable bonds is 33. The molecule has 264 valence electrons. The van der Waals surface area contributed by atoms with Crippen molar-refractivity contribution in [2.24, 2.45) is 0 Å². The summed E-state index contributed by atoms with van der Waals surface area (Å²) in [5.74, 6) is -0.649. The summed E-state index contributed by atoms with van der Waals surface area (Å²) in [5.41, 5.74) is 0. The van der Waals surface area contributed by atoms with Gasteiger partial charge in [-0.1, -0.05) is 139 Å². The number of carbonyl (C=O) groups excluding carboxylic acids is 2. The van der Waals surface area contributed by atoms with E-state index in [1.807, 2.05) is 0 Å². The second-order valence-corrected chi connectivity index (χ2v) is 12.3. The lowest BCUT2D eigenvalue weighted by molar-refractivity contribution is -0.161. The van der Waals surface area contributed by atoms with Crippen LogP contribution in [-0.4, -0.2) is 36.4 Å². The van der Waals surface area contributed by atoms with Crippen molar-refractivity contribution in [3.63, 3.8) is 0 Å². The first kappa shape index (κ1) is 43.6. The van der Waals surface area contributed by atoms with Crippen molar-refractivity contribution in [2.45, 2.75) is 174 Å². The standard InChI is InChI=1S/C41H70O5/c1-3-5-7-9-11-13-15-17-19-20-22-24-26-28-30-32-34-36-41(44)46-39(37-42)38-45-40(43)35-33-31-29-27-25-23-21-18-16-14-12-10-8-6-4-2/h6,8,12,14,17-19,21,25,27,39,42H,3-5,7,9-11,13,15-16,20,22-24,26,28-38H2,1-2H3. The minimum Gasteiger partial charge on any atom is -0.462 e. The first-order valence-corrected chi connectivity index (χ1v) is 18.8. The van der Waals surface area contributed by atoms with Crippen LogP contribution in [0, 0.1) is 0 Å². The molecule has 0 aliphatic rings. The van der Waals surface area contributed by atoms with Gasteiger partial charge in [0.25, 0.3) is 0 Å². The Kier molecular flexibility index (Phi) is 35.1. The van der Waals surface area contributed by atoms with Crippen LogP contribution in [0.3, 0.4) is 0 Å². The summed E-state index contributed by atoms with van der Waals surface area (Å²) in [4.78, 5) is 24.2. The average molecular weight is 643 g/mol. The molecule has 0 aliphatic carbocycles. The topological polar surface area (TPSA) is 72.8 Å². The van der Waals surface area contributed by atoms with Gasteiger partial charge in [-0.3, -0.25) is 9.59 Å². The molecule has 0 aromatic heterocycles. The van der Waals surface area contributed by atoms with Crippen LogP contribution in [0.2, 0.25) is 0 Å². The lowest BCUT2D eigenvalue weighted by Gasteiger charge is -2.15. The Morgan fingerprint density at radius 2 is 0.935 bits per heavy atom. The highest BCUT2D eigenvalue weighted by Gasteiger charge is 2.16. The summed E-state index contributed by atoms with van der Waals surface area (Å²) < 4.78 is 10.6. The van der Waals surface area contributed by atoms with E-state index in [4.69, 9.17) is 9.47 Å². The summed E-state index contributed by atoms with van der Waals surface area (Å²) in [6.07, 6.45) is 47.1. The number of esters is 2. The Labute approximate surface area is 283 Å². The molecule has 0 saturated carbocycles. The highest BCUT2D eigenvalue weighted by atomic mass is 16.6. The van der Waals surface area contributed by atoms with E-state index in [1.165, 1.54) is 77.0 Å². The largest absolute Gasteiger partial charge is 0.462 e. The van der Waals surface area contributed by atoms with Gasteiger partial charge in [0, 0.05) is 12.8 Å². The first-order chi connectivity index (χ1) is 22.6. The zero-order chi connectivity index (χ0) is 33.6. The number of hydrogen-bond acceptors (Lipinski definition) is 5. The van der Waals surface area contributed by atoms with Crippen LogP contribution in [0.25, 0.3) is 0 Å². The Hall–Kier alpha value is -2.40. The molecule has 1 atom stereocenters. The van der Waals surface area contributed by atoms with E-state index < -0.39 is 6.10 Å². The zero-order valence-corrected chi connectivity index (χ0v) is 29.8. The van der Waals surface area contributed by atoms with E-state index in [9.17, 15) is 14.7 Å². The third-order valence-corrected chi connectivity index (χ3v) is 7.80. The maximum absolute atomic E-state index is 12.2. The van der Waals surface area contributed by atoms with E-state index in [1.54, 1.807) is 0 Å². The van der Waals surface area contributed by atoms with Crippen LogP contribution < -0.4 is 0 Å². The van der Waals surface area contributed by atoms with Gasteiger partial charge in [0.2, 0.25) is 0 Å². The van der Waals surface area contributed by atoms with Gasteiger partial charge in [0.15, 0.2) is 6.10 Å². The Balaban J connectivity index is 3.65. The van der Waals surface area contributed by atoms with Gasteiger partial charge in [-0.2, -0.15) is 0 Å². The van der Waals surface area contributed by atoms with Crippen molar-refractivity contribution in [1.29, 1.82) is 0 Å². The fourth-order valence-electron chi connectivity index (χ4n) is 4.95. The highest BCUT2D eigenvalue weighted by Crippen LogP contribution is 2.12. The van der Waals surface area contributed by atoms with Crippen molar-refractivity contribution in [3.8, 4) is 0 Å². The minimum atomic E-state index is -0.791. The molecule has 5 heteroatoms. The first-order valence-electron chi connectivity index (χ1n) is 18.8. The number of aliphatic hydroxyl groups is 1. The second-order valence-electron chi connectivity index (χ2n) is 12.3. The number of hydrogen-bond donors (Lipinski definition) is 1. The van der Waals surface area contributed by atoms with Crippen LogP contribution >= 0.6 is 0 Å². The monoisotopic (exact) mass is 643 g/mol. The van der Waals surface area contributed by atoms with Crippen molar-refractivity contribution < 1.29 is 24.2 Å². The molecule has 1 N–H and O–H groups in total. The molecule has 0 aromatic carbocycles. The van der Waals surface area contributed by atoms with Gasteiger partial charge in [-0.05, 0) is 77.0 Å². The van der Waals surface area contributed by atoms with Crippen LogP contribution in [0.1, 0.15) is 168 Å². The molecule has 0 spiro atoms. The normalized spacial score (nSPS) is 12.8. The Morgan fingerprint density at radius 3 is 1.48 bits per heavy atom. The van der Waals surface area contributed by atoms with E-state index in [2.05, 4.69) is 74.6 Å². The number of ether oxygens (including phenoxy) is 2. The minimum absolute atomic E-state index is 0.0911. The van der Waals surface area contributed by atoms with E-state index in [0.717, 1.165) is 64.2 Å². The molecule has 0 saturated heterocycles. The van der Waals surface area contributed by atoms with Gasteiger partial charge < -0.3 is 14.6 Å². The zero-order valence-electron chi connectivity index (χ0n) is 29.8.